The third kappa shape index (κ3) is 2.16. The van der Waals surface area contributed by atoms with Crippen LogP contribution < -0.4 is 5.32 Å². The summed E-state index contributed by atoms with van der Waals surface area (Å²) in [5.74, 6) is 0. The van der Waals surface area contributed by atoms with E-state index in [4.69, 9.17) is 0 Å². The summed E-state index contributed by atoms with van der Waals surface area (Å²) in [5.41, 5.74) is 4.09. The lowest BCUT2D eigenvalue weighted by Gasteiger charge is -2.16. The van der Waals surface area contributed by atoms with E-state index in [9.17, 15) is 0 Å². The van der Waals surface area contributed by atoms with Gasteiger partial charge in [-0.15, -0.1) is 0 Å². The van der Waals surface area contributed by atoms with E-state index < -0.39 is 0 Å². The van der Waals surface area contributed by atoms with Crippen LogP contribution in [0.5, 0.6) is 0 Å². The highest BCUT2D eigenvalue weighted by atomic mass is 14.9. The van der Waals surface area contributed by atoms with Crippen LogP contribution >= 0.6 is 0 Å². The second kappa shape index (κ2) is 4.32. The third-order valence-corrected chi connectivity index (χ3v) is 2.74. The molecule has 0 saturated carbocycles. The number of aryl methyl sites for hydroxylation is 1. The maximum Gasteiger partial charge on any atom is 0.0144 e. The van der Waals surface area contributed by atoms with Crippen molar-refractivity contribution < 1.29 is 0 Å². The highest BCUT2D eigenvalue weighted by molar-refractivity contribution is 5.56. The Morgan fingerprint density at radius 2 is 2.07 bits per heavy atom. The molecule has 1 aromatic carbocycles. The van der Waals surface area contributed by atoms with Crippen molar-refractivity contribution in [2.75, 3.05) is 6.54 Å². The van der Waals surface area contributed by atoms with Gasteiger partial charge in [-0.3, -0.25) is 0 Å². The van der Waals surface area contributed by atoms with Gasteiger partial charge in [0.05, 0.1) is 0 Å². The first-order valence-corrected chi connectivity index (χ1v) is 5.36. The minimum absolute atomic E-state index is 1.14. The van der Waals surface area contributed by atoms with E-state index >= 15 is 0 Å². The number of piperidine rings is 1. The van der Waals surface area contributed by atoms with Crippen LogP contribution in [-0.4, -0.2) is 6.54 Å². The van der Waals surface area contributed by atoms with Gasteiger partial charge in [0.25, 0.3) is 0 Å². The molecule has 0 spiro atoms. The van der Waals surface area contributed by atoms with E-state index in [2.05, 4.69) is 42.6 Å². The molecule has 0 bridgehead atoms. The molecule has 1 nitrogen and oxygen atoms in total. The fourth-order valence-corrected chi connectivity index (χ4v) is 1.84. The van der Waals surface area contributed by atoms with E-state index in [0.717, 1.165) is 6.54 Å². The number of benzene rings is 1. The zero-order valence-corrected chi connectivity index (χ0v) is 8.72. The van der Waals surface area contributed by atoms with Gasteiger partial charge in [-0.05, 0) is 43.4 Å². The molecule has 14 heavy (non-hydrogen) atoms. The lowest BCUT2D eigenvalue weighted by molar-refractivity contribution is 0.592. The van der Waals surface area contributed by atoms with Gasteiger partial charge >= 0.3 is 0 Å². The Balaban J connectivity index is 2.19. The second-order valence-electron chi connectivity index (χ2n) is 3.91. The van der Waals surface area contributed by atoms with Crippen LogP contribution in [0.25, 0.3) is 6.08 Å². The summed E-state index contributed by atoms with van der Waals surface area (Å²) in [6, 6.07) is 8.53. The number of allylic oxidation sites excluding steroid dienone is 1. The molecular weight excluding hydrogens is 170 g/mol. The highest BCUT2D eigenvalue weighted by Gasteiger charge is 2.04. The van der Waals surface area contributed by atoms with Crippen molar-refractivity contribution in [1.29, 1.82) is 0 Å². The average molecular weight is 187 g/mol. The van der Waals surface area contributed by atoms with Gasteiger partial charge in [-0.25, -0.2) is 0 Å². The van der Waals surface area contributed by atoms with Gasteiger partial charge in [0.1, 0.15) is 0 Å². The summed E-state index contributed by atoms with van der Waals surface area (Å²) in [7, 11) is 0. The van der Waals surface area contributed by atoms with Crippen LogP contribution in [0.15, 0.2) is 30.0 Å². The van der Waals surface area contributed by atoms with Crippen LogP contribution in [0.1, 0.15) is 30.4 Å². The standard InChI is InChI=1S/C13H17N/c1-11-6-2-3-7-12(11)10-13-8-4-5-9-14-13/h2-3,6-7,10,14H,4-5,8-9H2,1H3/b13-10-. The summed E-state index contributed by atoms with van der Waals surface area (Å²) >= 11 is 0. The molecule has 1 aliphatic heterocycles. The van der Waals surface area contributed by atoms with Gasteiger partial charge in [0.2, 0.25) is 0 Å². The normalized spacial score (nSPS) is 19.4. The molecule has 0 amide bonds. The number of nitrogens with one attached hydrogen (secondary N) is 1. The molecule has 0 radical (unpaired) electrons. The van der Waals surface area contributed by atoms with E-state index in [-0.39, 0.29) is 0 Å². The van der Waals surface area contributed by atoms with Crippen molar-refractivity contribution in [1.82, 2.24) is 5.32 Å². The van der Waals surface area contributed by atoms with Crippen molar-refractivity contribution in [2.24, 2.45) is 0 Å². The predicted octanol–water partition coefficient (Wildman–Crippen LogP) is 3.11. The average Bonchev–Trinajstić information content (AvgIpc) is 2.23. The molecule has 1 saturated heterocycles. The molecule has 1 aromatic rings. The van der Waals surface area contributed by atoms with Crippen molar-refractivity contribution >= 4 is 6.08 Å². The SMILES string of the molecule is Cc1ccccc1/C=C1/CCCCN1. The summed E-state index contributed by atoms with van der Waals surface area (Å²) < 4.78 is 0. The van der Waals surface area contributed by atoms with E-state index in [1.165, 1.54) is 36.1 Å². The molecule has 1 heteroatoms. The Labute approximate surface area is 85.8 Å². The molecule has 1 aliphatic rings. The number of hydrogen-bond donors (Lipinski definition) is 1. The first-order valence-electron chi connectivity index (χ1n) is 5.36. The largest absolute Gasteiger partial charge is 0.388 e. The Morgan fingerprint density at radius 1 is 1.21 bits per heavy atom. The molecule has 1 N–H and O–H groups in total. The Bertz CT molecular complexity index is 331. The van der Waals surface area contributed by atoms with Crippen molar-refractivity contribution in [3.63, 3.8) is 0 Å². The van der Waals surface area contributed by atoms with Crippen LogP contribution in [0.4, 0.5) is 0 Å². The van der Waals surface area contributed by atoms with E-state index in [0.29, 0.717) is 0 Å². The lowest BCUT2D eigenvalue weighted by Crippen LogP contribution is -2.19. The zero-order chi connectivity index (χ0) is 9.80. The summed E-state index contributed by atoms with van der Waals surface area (Å²) in [6.45, 7) is 3.30. The Hall–Kier alpha value is -1.24. The molecule has 2 rings (SSSR count). The molecular formula is C13H17N. The third-order valence-electron chi connectivity index (χ3n) is 2.74. The Kier molecular flexibility index (Phi) is 2.87. The van der Waals surface area contributed by atoms with Crippen molar-refractivity contribution in [3.8, 4) is 0 Å². The lowest BCUT2D eigenvalue weighted by atomic mass is 10.0. The minimum atomic E-state index is 1.14. The molecule has 0 aromatic heterocycles. The molecule has 0 unspecified atom stereocenters. The number of hydrogen-bond acceptors (Lipinski definition) is 1. The Morgan fingerprint density at radius 3 is 2.79 bits per heavy atom. The quantitative estimate of drug-likeness (QED) is 0.712. The van der Waals surface area contributed by atoms with Gasteiger partial charge in [-0.1, -0.05) is 24.3 Å². The maximum atomic E-state index is 3.46. The fourth-order valence-electron chi connectivity index (χ4n) is 1.84. The van der Waals surface area contributed by atoms with Crippen molar-refractivity contribution in [3.05, 3.63) is 41.1 Å². The number of rotatable bonds is 1. The van der Waals surface area contributed by atoms with Gasteiger partial charge in [0.15, 0.2) is 0 Å². The van der Waals surface area contributed by atoms with Crippen LogP contribution in [0, 0.1) is 6.92 Å². The topological polar surface area (TPSA) is 12.0 Å². The molecule has 0 aliphatic carbocycles. The van der Waals surface area contributed by atoms with Gasteiger partial charge in [-0.2, -0.15) is 0 Å². The molecule has 0 atom stereocenters. The second-order valence-corrected chi connectivity index (χ2v) is 3.91. The van der Waals surface area contributed by atoms with Gasteiger partial charge in [0, 0.05) is 12.2 Å². The van der Waals surface area contributed by atoms with Crippen LogP contribution in [0.2, 0.25) is 0 Å². The summed E-state index contributed by atoms with van der Waals surface area (Å²) in [4.78, 5) is 0. The monoisotopic (exact) mass is 187 g/mol. The molecule has 1 fully saturated rings. The smallest absolute Gasteiger partial charge is 0.0144 e. The first-order chi connectivity index (χ1) is 6.86. The predicted molar refractivity (Wildman–Crippen MR) is 61.0 cm³/mol. The first kappa shape index (κ1) is 9.32. The van der Waals surface area contributed by atoms with Crippen LogP contribution in [0.3, 0.4) is 0 Å². The minimum Gasteiger partial charge on any atom is -0.388 e. The summed E-state index contributed by atoms with van der Waals surface area (Å²) in [5, 5.41) is 3.46. The van der Waals surface area contributed by atoms with Gasteiger partial charge < -0.3 is 5.32 Å². The highest BCUT2D eigenvalue weighted by Crippen LogP contribution is 2.16. The van der Waals surface area contributed by atoms with Crippen molar-refractivity contribution in [2.45, 2.75) is 26.2 Å². The maximum absolute atomic E-state index is 3.46. The van der Waals surface area contributed by atoms with Crippen LogP contribution in [-0.2, 0) is 0 Å². The molecule has 74 valence electrons. The molecule has 1 heterocycles. The fraction of sp³-hybridized carbons (Fsp3) is 0.385. The summed E-state index contributed by atoms with van der Waals surface area (Å²) in [6.07, 6.45) is 6.12. The zero-order valence-electron chi connectivity index (χ0n) is 8.72. The van der Waals surface area contributed by atoms with E-state index in [1.54, 1.807) is 0 Å². The van der Waals surface area contributed by atoms with E-state index in [1.807, 2.05) is 0 Å².